The van der Waals surface area contributed by atoms with Crippen LogP contribution in [0.5, 0.6) is 0 Å². The van der Waals surface area contributed by atoms with Crippen molar-refractivity contribution >= 4 is 27.3 Å². The Morgan fingerprint density at radius 1 is 1.47 bits per heavy atom. The second-order valence-corrected chi connectivity index (χ2v) is 7.68. The number of aromatic nitrogens is 1. The van der Waals surface area contributed by atoms with Gasteiger partial charge in [0, 0.05) is 17.6 Å². The Labute approximate surface area is 115 Å². The van der Waals surface area contributed by atoms with E-state index in [1.807, 2.05) is 39.1 Å². The van der Waals surface area contributed by atoms with E-state index in [-0.39, 0.29) is 10.8 Å². The molecule has 96 valence electrons. The molecule has 0 spiro atoms. The molecule has 0 unspecified atom stereocenters. The van der Waals surface area contributed by atoms with Crippen LogP contribution < -0.4 is 4.72 Å². The summed E-state index contributed by atoms with van der Waals surface area (Å²) < 4.78 is 15.8. The van der Waals surface area contributed by atoms with Crippen molar-refractivity contribution in [2.75, 3.05) is 0 Å². The van der Waals surface area contributed by atoms with E-state index in [9.17, 15) is 4.55 Å². The summed E-state index contributed by atoms with van der Waals surface area (Å²) in [5.74, 6) is 0. The molecule has 0 radical (unpaired) electrons. The molecule has 0 amide bonds. The lowest BCUT2D eigenvalue weighted by Crippen LogP contribution is -2.41. The van der Waals surface area contributed by atoms with Crippen LogP contribution in [0.15, 0.2) is 22.9 Å². The third kappa shape index (κ3) is 4.58. The van der Waals surface area contributed by atoms with Gasteiger partial charge in [-0.05, 0) is 54.8 Å². The topological polar surface area (TPSA) is 48.0 Å². The molecule has 0 fully saturated rings. The van der Waals surface area contributed by atoms with Gasteiger partial charge in [-0.15, -0.1) is 4.72 Å². The van der Waals surface area contributed by atoms with Crippen molar-refractivity contribution < 1.29 is 4.55 Å². The highest BCUT2D eigenvalue weighted by atomic mass is 79.9. The number of nitrogens with zero attached hydrogens (tertiary/aromatic N) is 1. The van der Waals surface area contributed by atoms with Gasteiger partial charge in [0.2, 0.25) is 0 Å². The predicted molar refractivity (Wildman–Crippen MR) is 76.0 cm³/mol. The van der Waals surface area contributed by atoms with Crippen molar-refractivity contribution in [3.05, 3.63) is 28.5 Å². The van der Waals surface area contributed by atoms with E-state index in [0.29, 0.717) is 0 Å². The molecule has 2 atom stereocenters. The Kier molecular flexibility index (Phi) is 5.44. The van der Waals surface area contributed by atoms with Crippen LogP contribution in [0.2, 0.25) is 0 Å². The summed E-state index contributed by atoms with van der Waals surface area (Å²) in [6.45, 7) is 7.95. The van der Waals surface area contributed by atoms with Crippen molar-refractivity contribution in [2.45, 2.75) is 44.9 Å². The molecule has 1 N–H and O–H groups in total. The second-order valence-electron chi connectivity index (χ2n) is 4.87. The third-order valence-electron chi connectivity index (χ3n) is 2.37. The lowest BCUT2D eigenvalue weighted by molar-refractivity contribution is 0.518. The smallest absolute Gasteiger partial charge is 0.136 e. The molecule has 0 aliphatic carbocycles. The van der Waals surface area contributed by atoms with Gasteiger partial charge in [-0.25, -0.2) is 4.98 Å². The monoisotopic (exact) mass is 318 g/mol. The summed E-state index contributed by atoms with van der Waals surface area (Å²) in [6.07, 6.45) is 2.69. The number of halogens is 1. The lowest BCUT2D eigenvalue weighted by atomic mass is 10.1. The van der Waals surface area contributed by atoms with Gasteiger partial charge in [-0.1, -0.05) is 13.0 Å². The van der Waals surface area contributed by atoms with E-state index in [2.05, 4.69) is 32.6 Å². The van der Waals surface area contributed by atoms with Crippen LogP contribution in [0.4, 0.5) is 0 Å². The van der Waals surface area contributed by atoms with Gasteiger partial charge in [0.25, 0.3) is 0 Å². The maximum absolute atomic E-state index is 12.0. The Morgan fingerprint density at radius 2 is 2.12 bits per heavy atom. The lowest BCUT2D eigenvalue weighted by Gasteiger charge is -2.27. The second kappa shape index (κ2) is 6.18. The quantitative estimate of drug-likeness (QED) is 0.684. The number of hydrogen-bond donors (Lipinski definition) is 1. The zero-order valence-electron chi connectivity index (χ0n) is 10.7. The first kappa shape index (κ1) is 15.0. The van der Waals surface area contributed by atoms with Crippen LogP contribution in [0.3, 0.4) is 0 Å². The van der Waals surface area contributed by atoms with Crippen molar-refractivity contribution in [2.24, 2.45) is 0 Å². The van der Waals surface area contributed by atoms with Gasteiger partial charge in [0.15, 0.2) is 0 Å². The fourth-order valence-corrected chi connectivity index (χ4v) is 2.44. The van der Waals surface area contributed by atoms with Crippen molar-refractivity contribution in [1.29, 1.82) is 0 Å². The molecule has 0 aromatic carbocycles. The van der Waals surface area contributed by atoms with Crippen LogP contribution in [0, 0.1) is 0 Å². The van der Waals surface area contributed by atoms with E-state index >= 15 is 0 Å². The average molecular weight is 319 g/mol. The van der Waals surface area contributed by atoms with Gasteiger partial charge in [-0.3, -0.25) is 0 Å². The molecule has 0 aliphatic rings. The zero-order valence-corrected chi connectivity index (χ0v) is 13.1. The average Bonchev–Trinajstić information content (AvgIpc) is 2.25. The maximum atomic E-state index is 12.0. The molecular weight excluding hydrogens is 300 g/mol. The molecular formula is C12H19BrN2OS. The zero-order chi connectivity index (χ0) is 13.1. The molecule has 0 saturated carbocycles. The summed E-state index contributed by atoms with van der Waals surface area (Å²) in [6, 6.07) is 3.98. The van der Waals surface area contributed by atoms with Crippen molar-refractivity contribution in [3.63, 3.8) is 0 Å². The Hall–Kier alpha value is -0.100. The molecule has 5 heteroatoms. The van der Waals surface area contributed by atoms with Gasteiger partial charge in [-0.2, -0.15) is 0 Å². The van der Waals surface area contributed by atoms with Gasteiger partial charge < -0.3 is 4.55 Å². The Bertz CT molecular complexity index is 351. The van der Waals surface area contributed by atoms with Crippen LogP contribution in [-0.2, 0) is 11.4 Å². The number of nitrogens with one attached hydrogen (secondary N) is 1. The Balaban J connectivity index is 2.75. The van der Waals surface area contributed by atoms with Crippen LogP contribution in [0.25, 0.3) is 0 Å². The van der Waals surface area contributed by atoms with Crippen molar-refractivity contribution in [1.82, 2.24) is 9.71 Å². The molecule has 1 aromatic heterocycles. The number of rotatable bonds is 4. The van der Waals surface area contributed by atoms with Crippen LogP contribution >= 0.6 is 15.9 Å². The number of hydrogen-bond acceptors (Lipinski definition) is 3. The molecule has 0 bridgehead atoms. The van der Waals surface area contributed by atoms with Crippen LogP contribution in [-0.4, -0.2) is 14.3 Å². The molecule has 0 aliphatic heterocycles. The standard InChI is InChI=1S/C12H19BrN2OS/c1-5-10(15-17(16)12(2,3)4)9-6-7-11(13)14-8-9/h6-8,10,15H,5H2,1-4H3/t10-,17+/m0/s1. The van der Waals surface area contributed by atoms with E-state index in [1.165, 1.54) is 0 Å². The van der Waals surface area contributed by atoms with Gasteiger partial charge in [0.1, 0.15) is 9.35 Å². The van der Waals surface area contributed by atoms with Crippen LogP contribution in [0.1, 0.15) is 45.7 Å². The normalized spacial score (nSPS) is 15.6. The molecule has 17 heavy (non-hydrogen) atoms. The molecule has 3 nitrogen and oxygen atoms in total. The SMILES string of the molecule is CC[C@H](N[S@+]([O-])C(C)(C)C)c1ccc(Br)nc1. The predicted octanol–water partition coefficient (Wildman–Crippen LogP) is 3.35. The van der Waals surface area contributed by atoms with E-state index < -0.39 is 11.4 Å². The fourth-order valence-electron chi connectivity index (χ4n) is 1.29. The Morgan fingerprint density at radius 3 is 2.53 bits per heavy atom. The largest absolute Gasteiger partial charge is 0.598 e. The first-order valence-electron chi connectivity index (χ1n) is 5.64. The minimum atomic E-state index is -1.06. The minimum Gasteiger partial charge on any atom is -0.598 e. The number of pyridine rings is 1. The van der Waals surface area contributed by atoms with Gasteiger partial charge >= 0.3 is 0 Å². The summed E-state index contributed by atoms with van der Waals surface area (Å²) in [4.78, 5) is 4.20. The minimum absolute atomic E-state index is 0.0793. The van der Waals surface area contributed by atoms with Gasteiger partial charge in [0.05, 0.1) is 6.04 Å². The van der Waals surface area contributed by atoms with E-state index in [0.717, 1.165) is 16.6 Å². The fraction of sp³-hybridized carbons (Fsp3) is 0.583. The summed E-state index contributed by atoms with van der Waals surface area (Å²) in [7, 11) is 0. The first-order valence-corrected chi connectivity index (χ1v) is 7.58. The molecule has 1 heterocycles. The maximum Gasteiger partial charge on any atom is 0.136 e. The summed E-state index contributed by atoms with van der Waals surface area (Å²) in [5, 5.41) is 0. The summed E-state index contributed by atoms with van der Waals surface area (Å²) in [5.41, 5.74) is 1.06. The van der Waals surface area contributed by atoms with E-state index in [4.69, 9.17) is 0 Å². The molecule has 0 saturated heterocycles. The third-order valence-corrected chi connectivity index (χ3v) is 4.45. The van der Waals surface area contributed by atoms with Crippen molar-refractivity contribution in [3.8, 4) is 0 Å². The summed E-state index contributed by atoms with van der Waals surface area (Å²) >= 11 is 2.24. The van der Waals surface area contributed by atoms with E-state index in [1.54, 1.807) is 0 Å². The highest BCUT2D eigenvalue weighted by Crippen LogP contribution is 2.22. The molecule has 1 aromatic rings. The highest BCUT2D eigenvalue weighted by Gasteiger charge is 2.29. The first-order chi connectivity index (χ1) is 7.84. The molecule has 1 rings (SSSR count). The highest BCUT2D eigenvalue weighted by molar-refractivity contribution is 9.10.